The molecular weight excluding hydrogens is 261 g/mol. The number of amides is 1. The molecule has 0 aliphatic carbocycles. The highest BCUT2D eigenvalue weighted by atomic mass is 32.2. The standard InChI is InChI=1S/C11H14FNO4S/c1-17-7-6-13-11(14)8-18(15,16)10-4-2-9(12)3-5-10/h2-5H,6-8H2,1H3,(H,13,14). The number of carbonyl (C=O) groups is 1. The molecule has 0 fully saturated rings. The van der Waals surface area contributed by atoms with Gasteiger partial charge in [-0.05, 0) is 24.3 Å². The normalized spacial score (nSPS) is 11.2. The van der Waals surface area contributed by atoms with E-state index in [4.69, 9.17) is 4.74 Å². The quantitative estimate of drug-likeness (QED) is 0.601. The first-order chi connectivity index (χ1) is 8.45. The van der Waals surface area contributed by atoms with Gasteiger partial charge in [-0.1, -0.05) is 0 Å². The molecule has 0 saturated carbocycles. The average molecular weight is 275 g/mol. The Kier molecular flexibility index (Phi) is 5.24. The molecule has 1 rings (SSSR count). The van der Waals surface area contributed by atoms with E-state index in [-0.39, 0.29) is 11.4 Å². The Bertz CT molecular complexity index is 498. The van der Waals surface area contributed by atoms with Crippen LogP contribution in [-0.2, 0) is 19.4 Å². The smallest absolute Gasteiger partial charge is 0.235 e. The Morgan fingerprint density at radius 3 is 2.50 bits per heavy atom. The van der Waals surface area contributed by atoms with Crippen LogP contribution in [0.5, 0.6) is 0 Å². The van der Waals surface area contributed by atoms with Crippen LogP contribution in [0.2, 0.25) is 0 Å². The van der Waals surface area contributed by atoms with Crippen LogP contribution in [0.25, 0.3) is 0 Å². The van der Waals surface area contributed by atoms with Crippen LogP contribution in [0.15, 0.2) is 29.2 Å². The summed E-state index contributed by atoms with van der Waals surface area (Å²) < 4.78 is 40.9. The predicted octanol–water partition coefficient (Wildman–Crippen LogP) is 0.362. The number of nitrogens with one attached hydrogen (secondary N) is 1. The molecule has 0 saturated heterocycles. The van der Waals surface area contributed by atoms with E-state index < -0.39 is 27.3 Å². The first-order valence-electron chi connectivity index (χ1n) is 5.19. The van der Waals surface area contributed by atoms with E-state index in [0.29, 0.717) is 6.61 Å². The molecule has 0 radical (unpaired) electrons. The maximum atomic E-state index is 12.7. The van der Waals surface area contributed by atoms with Crippen molar-refractivity contribution in [1.82, 2.24) is 5.32 Å². The molecule has 1 aromatic carbocycles. The van der Waals surface area contributed by atoms with Gasteiger partial charge in [-0.25, -0.2) is 12.8 Å². The number of methoxy groups -OCH3 is 1. The molecule has 0 aliphatic rings. The van der Waals surface area contributed by atoms with Crippen LogP contribution >= 0.6 is 0 Å². The first kappa shape index (κ1) is 14.6. The Hall–Kier alpha value is -1.47. The zero-order chi connectivity index (χ0) is 13.6. The van der Waals surface area contributed by atoms with Crippen LogP contribution in [0.3, 0.4) is 0 Å². The fourth-order valence-corrected chi connectivity index (χ4v) is 2.41. The van der Waals surface area contributed by atoms with Crippen LogP contribution in [0, 0.1) is 5.82 Å². The highest BCUT2D eigenvalue weighted by Gasteiger charge is 2.18. The molecule has 0 bridgehead atoms. The number of hydrogen-bond donors (Lipinski definition) is 1. The number of halogens is 1. The summed E-state index contributed by atoms with van der Waals surface area (Å²) in [4.78, 5) is 11.3. The van der Waals surface area contributed by atoms with Crippen molar-refractivity contribution in [2.45, 2.75) is 4.90 Å². The summed E-state index contributed by atoms with van der Waals surface area (Å²) in [5, 5.41) is 2.40. The van der Waals surface area contributed by atoms with E-state index in [1.165, 1.54) is 7.11 Å². The Labute approximate surface area is 105 Å². The van der Waals surface area contributed by atoms with Gasteiger partial charge in [0.1, 0.15) is 11.6 Å². The molecule has 100 valence electrons. The van der Waals surface area contributed by atoms with Crippen molar-refractivity contribution in [2.24, 2.45) is 0 Å². The van der Waals surface area contributed by atoms with Gasteiger partial charge in [-0.3, -0.25) is 4.79 Å². The molecule has 0 unspecified atom stereocenters. The minimum Gasteiger partial charge on any atom is -0.383 e. The fourth-order valence-electron chi connectivity index (χ4n) is 1.24. The van der Waals surface area contributed by atoms with E-state index in [1.807, 2.05) is 0 Å². The first-order valence-corrected chi connectivity index (χ1v) is 6.85. The average Bonchev–Trinajstić information content (AvgIpc) is 2.29. The highest BCUT2D eigenvalue weighted by molar-refractivity contribution is 7.92. The molecule has 0 aliphatic heterocycles. The number of rotatable bonds is 6. The highest BCUT2D eigenvalue weighted by Crippen LogP contribution is 2.11. The topological polar surface area (TPSA) is 72.5 Å². The zero-order valence-corrected chi connectivity index (χ0v) is 10.7. The molecule has 1 N–H and O–H groups in total. The lowest BCUT2D eigenvalue weighted by Gasteiger charge is -2.06. The number of benzene rings is 1. The molecule has 0 atom stereocenters. The molecule has 0 aromatic heterocycles. The van der Waals surface area contributed by atoms with E-state index in [9.17, 15) is 17.6 Å². The lowest BCUT2D eigenvalue weighted by molar-refractivity contribution is -0.118. The van der Waals surface area contributed by atoms with Crippen molar-refractivity contribution in [2.75, 3.05) is 26.0 Å². The van der Waals surface area contributed by atoms with Crippen molar-refractivity contribution in [3.8, 4) is 0 Å². The molecule has 1 amide bonds. The fraction of sp³-hybridized carbons (Fsp3) is 0.364. The summed E-state index contributed by atoms with van der Waals surface area (Å²) in [5.41, 5.74) is 0. The maximum absolute atomic E-state index is 12.7. The third kappa shape index (κ3) is 4.42. The second-order valence-corrected chi connectivity index (χ2v) is 5.55. The SMILES string of the molecule is COCCNC(=O)CS(=O)(=O)c1ccc(F)cc1. The van der Waals surface area contributed by atoms with E-state index in [2.05, 4.69) is 5.32 Å². The maximum Gasteiger partial charge on any atom is 0.235 e. The van der Waals surface area contributed by atoms with Gasteiger partial charge in [0, 0.05) is 13.7 Å². The minimum atomic E-state index is -3.73. The third-order valence-corrected chi connectivity index (χ3v) is 3.75. The predicted molar refractivity (Wildman–Crippen MR) is 63.3 cm³/mol. The lowest BCUT2D eigenvalue weighted by Crippen LogP contribution is -2.32. The van der Waals surface area contributed by atoms with E-state index in [0.717, 1.165) is 24.3 Å². The van der Waals surface area contributed by atoms with Crippen LogP contribution in [0.1, 0.15) is 0 Å². The Balaban J connectivity index is 2.64. The summed E-state index contributed by atoms with van der Waals surface area (Å²) in [5.74, 6) is -1.81. The summed E-state index contributed by atoms with van der Waals surface area (Å²) >= 11 is 0. The number of hydrogen-bond acceptors (Lipinski definition) is 4. The molecule has 18 heavy (non-hydrogen) atoms. The molecule has 7 heteroatoms. The molecule has 0 spiro atoms. The Morgan fingerprint density at radius 2 is 1.94 bits per heavy atom. The van der Waals surface area contributed by atoms with Gasteiger partial charge in [0.05, 0.1) is 11.5 Å². The van der Waals surface area contributed by atoms with Crippen molar-refractivity contribution >= 4 is 15.7 Å². The molecule has 0 heterocycles. The summed E-state index contributed by atoms with van der Waals surface area (Å²) in [6.07, 6.45) is 0. The van der Waals surface area contributed by atoms with Crippen LogP contribution < -0.4 is 5.32 Å². The van der Waals surface area contributed by atoms with Crippen molar-refractivity contribution < 1.29 is 22.3 Å². The third-order valence-electron chi connectivity index (χ3n) is 2.12. The van der Waals surface area contributed by atoms with Gasteiger partial charge < -0.3 is 10.1 Å². The number of sulfone groups is 1. The monoisotopic (exact) mass is 275 g/mol. The van der Waals surface area contributed by atoms with Gasteiger partial charge >= 0.3 is 0 Å². The zero-order valence-electron chi connectivity index (χ0n) is 9.85. The largest absolute Gasteiger partial charge is 0.383 e. The number of carbonyl (C=O) groups excluding carboxylic acids is 1. The molecule has 5 nitrogen and oxygen atoms in total. The van der Waals surface area contributed by atoms with E-state index in [1.54, 1.807) is 0 Å². The summed E-state index contributed by atoms with van der Waals surface area (Å²) in [7, 11) is -2.26. The van der Waals surface area contributed by atoms with Gasteiger partial charge in [0.2, 0.25) is 5.91 Å². The molecular formula is C11H14FNO4S. The van der Waals surface area contributed by atoms with Gasteiger partial charge in [-0.2, -0.15) is 0 Å². The van der Waals surface area contributed by atoms with Gasteiger partial charge in [0.15, 0.2) is 9.84 Å². The van der Waals surface area contributed by atoms with Crippen molar-refractivity contribution in [1.29, 1.82) is 0 Å². The van der Waals surface area contributed by atoms with Crippen LogP contribution in [0.4, 0.5) is 4.39 Å². The van der Waals surface area contributed by atoms with Crippen molar-refractivity contribution in [3.05, 3.63) is 30.1 Å². The van der Waals surface area contributed by atoms with Gasteiger partial charge in [0.25, 0.3) is 0 Å². The van der Waals surface area contributed by atoms with Crippen LogP contribution in [-0.4, -0.2) is 40.3 Å². The lowest BCUT2D eigenvalue weighted by atomic mass is 10.4. The van der Waals surface area contributed by atoms with Crippen molar-refractivity contribution in [3.63, 3.8) is 0 Å². The minimum absolute atomic E-state index is 0.0780. The summed E-state index contributed by atoms with van der Waals surface area (Å²) in [6, 6.07) is 4.34. The summed E-state index contributed by atoms with van der Waals surface area (Å²) in [6.45, 7) is 0.552. The second kappa shape index (κ2) is 6.46. The van der Waals surface area contributed by atoms with E-state index >= 15 is 0 Å². The number of ether oxygens (including phenoxy) is 1. The van der Waals surface area contributed by atoms with Gasteiger partial charge in [-0.15, -0.1) is 0 Å². The Morgan fingerprint density at radius 1 is 1.33 bits per heavy atom. The second-order valence-electron chi connectivity index (χ2n) is 3.56. The molecule has 1 aromatic rings.